The Kier molecular flexibility index (Phi) is 2.80. The molecule has 0 saturated heterocycles. The summed E-state index contributed by atoms with van der Waals surface area (Å²) < 4.78 is 13.6. The van der Waals surface area contributed by atoms with E-state index in [9.17, 15) is 9.18 Å². The minimum Gasteiger partial charge on any atom is -0.288 e. The van der Waals surface area contributed by atoms with Crippen molar-refractivity contribution < 1.29 is 9.18 Å². The third kappa shape index (κ3) is 2.10. The normalized spacial score (nSPS) is 10.6. The topological polar surface area (TPSA) is 30.0 Å². The Morgan fingerprint density at radius 3 is 2.58 bits per heavy atom. The average Bonchev–Trinajstić information content (AvgIpc) is 2.46. The highest BCUT2D eigenvalue weighted by Crippen LogP contribution is 2.17. The zero-order chi connectivity index (χ0) is 13.2. The molecule has 0 aliphatic rings. The predicted octanol–water partition coefficient (Wildman–Crippen LogP) is 3.60. The fourth-order valence-electron chi connectivity index (χ4n) is 2.00. The number of nitrogens with zero attached hydrogens (tertiary/aromatic N) is 1. The number of carbonyl (C=O) groups is 1. The van der Waals surface area contributed by atoms with Gasteiger partial charge >= 0.3 is 0 Å². The number of pyridine rings is 1. The monoisotopic (exact) mass is 251 g/mol. The van der Waals surface area contributed by atoms with E-state index in [0.29, 0.717) is 5.56 Å². The fraction of sp³-hybridized carbons (Fsp3) is 0. The van der Waals surface area contributed by atoms with E-state index in [-0.39, 0.29) is 11.3 Å². The average molecular weight is 251 g/mol. The van der Waals surface area contributed by atoms with Gasteiger partial charge in [-0.2, -0.15) is 0 Å². The lowest BCUT2D eigenvalue weighted by Gasteiger charge is -2.03. The molecule has 2 nitrogen and oxygen atoms in total. The maximum absolute atomic E-state index is 13.6. The summed E-state index contributed by atoms with van der Waals surface area (Å²) in [6, 6.07) is 15.2. The molecule has 3 heteroatoms. The maximum atomic E-state index is 13.6. The molecule has 0 unspecified atom stereocenters. The molecule has 0 amide bonds. The van der Waals surface area contributed by atoms with Crippen LogP contribution in [0.2, 0.25) is 0 Å². The largest absolute Gasteiger partial charge is 0.288 e. The van der Waals surface area contributed by atoms with Gasteiger partial charge in [0.15, 0.2) is 5.78 Å². The van der Waals surface area contributed by atoms with Gasteiger partial charge in [-0.1, -0.05) is 30.3 Å². The van der Waals surface area contributed by atoms with Crippen molar-refractivity contribution >= 4 is 16.7 Å². The van der Waals surface area contributed by atoms with Crippen molar-refractivity contribution in [1.29, 1.82) is 0 Å². The molecule has 0 saturated carbocycles. The summed E-state index contributed by atoms with van der Waals surface area (Å²) in [5, 5.41) is 0.865. The number of benzene rings is 2. The Labute approximate surface area is 109 Å². The molecule has 0 radical (unpaired) electrons. The van der Waals surface area contributed by atoms with Gasteiger partial charge in [0.2, 0.25) is 0 Å². The van der Waals surface area contributed by atoms with Gasteiger partial charge in [-0.3, -0.25) is 9.78 Å². The molecule has 1 aromatic heterocycles. The molecular formula is C16H10FNO. The molecule has 0 bridgehead atoms. The molecule has 0 fully saturated rings. The molecule has 92 valence electrons. The molecule has 2 aromatic carbocycles. The minimum absolute atomic E-state index is 0.0691. The van der Waals surface area contributed by atoms with E-state index >= 15 is 0 Å². The lowest BCUT2D eigenvalue weighted by atomic mass is 10.0. The third-order valence-corrected chi connectivity index (χ3v) is 2.97. The first-order valence-corrected chi connectivity index (χ1v) is 5.90. The van der Waals surface area contributed by atoms with Crippen molar-refractivity contribution in [1.82, 2.24) is 4.98 Å². The zero-order valence-corrected chi connectivity index (χ0v) is 10.0. The Hall–Kier alpha value is -2.55. The Morgan fingerprint density at radius 1 is 1.00 bits per heavy atom. The molecule has 3 rings (SSSR count). The van der Waals surface area contributed by atoms with Crippen LogP contribution in [0.25, 0.3) is 10.9 Å². The highest BCUT2D eigenvalue weighted by molar-refractivity contribution is 6.10. The van der Waals surface area contributed by atoms with Gasteiger partial charge in [-0.15, -0.1) is 0 Å². The number of hydrogen-bond donors (Lipinski definition) is 0. The van der Waals surface area contributed by atoms with E-state index in [1.54, 1.807) is 18.2 Å². The van der Waals surface area contributed by atoms with Crippen LogP contribution in [0.15, 0.2) is 60.8 Å². The number of para-hydroxylation sites is 1. The Balaban J connectivity index is 2.09. The van der Waals surface area contributed by atoms with Crippen LogP contribution in [-0.2, 0) is 0 Å². The number of hydrogen-bond acceptors (Lipinski definition) is 2. The second kappa shape index (κ2) is 4.61. The minimum atomic E-state index is -0.513. The summed E-state index contributed by atoms with van der Waals surface area (Å²) in [6.07, 6.45) is 1.48. The molecule has 0 N–H and O–H groups in total. The fourth-order valence-corrected chi connectivity index (χ4v) is 2.00. The van der Waals surface area contributed by atoms with Crippen LogP contribution in [-0.4, -0.2) is 10.8 Å². The maximum Gasteiger partial charge on any atom is 0.197 e. The van der Waals surface area contributed by atoms with Crippen molar-refractivity contribution in [2.45, 2.75) is 0 Å². The van der Waals surface area contributed by atoms with Crippen LogP contribution in [0.1, 0.15) is 15.9 Å². The SMILES string of the molecule is O=C(c1cnc2ccccc2c1)c1ccccc1F. The van der Waals surface area contributed by atoms with Crippen molar-refractivity contribution in [3.05, 3.63) is 77.7 Å². The van der Waals surface area contributed by atoms with E-state index in [1.807, 2.05) is 24.3 Å². The van der Waals surface area contributed by atoms with Gasteiger partial charge in [-0.05, 0) is 24.3 Å². The van der Waals surface area contributed by atoms with E-state index in [2.05, 4.69) is 4.98 Å². The van der Waals surface area contributed by atoms with Gasteiger partial charge in [0.25, 0.3) is 0 Å². The van der Waals surface area contributed by atoms with Gasteiger partial charge in [0.1, 0.15) is 5.82 Å². The highest BCUT2D eigenvalue weighted by Gasteiger charge is 2.13. The highest BCUT2D eigenvalue weighted by atomic mass is 19.1. The second-order valence-electron chi connectivity index (χ2n) is 4.23. The first-order chi connectivity index (χ1) is 9.25. The van der Waals surface area contributed by atoms with Crippen LogP contribution in [0.3, 0.4) is 0 Å². The van der Waals surface area contributed by atoms with E-state index in [1.165, 1.54) is 18.3 Å². The van der Waals surface area contributed by atoms with Crippen molar-refractivity contribution in [3.63, 3.8) is 0 Å². The first-order valence-electron chi connectivity index (χ1n) is 5.90. The Morgan fingerprint density at radius 2 is 1.74 bits per heavy atom. The first kappa shape index (κ1) is 11.5. The summed E-state index contributed by atoms with van der Waals surface area (Å²) >= 11 is 0. The second-order valence-corrected chi connectivity index (χ2v) is 4.23. The molecule has 3 aromatic rings. The number of rotatable bonds is 2. The van der Waals surface area contributed by atoms with E-state index < -0.39 is 5.82 Å². The van der Waals surface area contributed by atoms with Gasteiger partial charge in [-0.25, -0.2) is 4.39 Å². The van der Waals surface area contributed by atoms with Gasteiger partial charge in [0.05, 0.1) is 11.1 Å². The van der Waals surface area contributed by atoms with Crippen LogP contribution in [0.4, 0.5) is 4.39 Å². The summed E-state index contributed by atoms with van der Waals surface area (Å²) in [6.45, 7) is 0. The van der Waals surface area contributed by atoms with E-state index in [4.69, 9.17) is 0 Å². The number of halogens is 1. The smallest absolute Gasteiger partial charge is 0.197 e. The van der Waals surface area contributed by atoms with Crippen LogP contribution < -0.4 is 0 Å². The van der Waals surface area contributed by atoms with Gasteiger partial charge < -0.3 is 0 Å². The third-order valence-electron chi connectivity index (χ3n) is 2.97. The summed E-state index contributed by atoms with van der Waals surface area (Å²) in [5.41, 5.74) is 1.27. The number of carbonyl (C=O) groups excluding carboxylic acids is 1. The molecule has 0 atom stereocenters. The number of aromatic nitrogens is 1. The van der Waals surface area contributed by atoms with Crippen molar-refractivity contribution in [2.75, 3.05) is 0 Å². The molecule has 0 aliphatic carbocycles. The molecule has 0 spiro atoms. The summed E-state index contributed by atoms with van der Waals surface area (Å²) in [4.78, 5) is 16.4. The quantitative estimate of drug-likeness (QED) is 0.651. The molecule has 19 heavy (non-hydrogen) atoms. The lowest BCUT2D eigenvalue weighted by molar-refractivity contribution is 0.103. The standard InChI is InChI=1S/C16H10FNO/c17-14-7-3-2-6-13(14)16(19)12-9-11-5-1-4-8-15(11)18-10-12/h1-10H. The lowest BCUT2D eigenvalue weighted by Crippen LogP contribution is -2.04. The molecular weight excluding hydrogens is 241 g/mol. The van der Waals surface area contributed by atoms with Crippen LogP contribution in [0, 0.1) is 5.82 Å². The predicted molar refractivity (Wildman–Crippen MR) is 71.6 cm³/mol. The van der Waals surface area contributed by atoms with Crippen molar-refractivity contribution in [3.8, 4) is 0 Å². The van der Waals surface area contributed by atoms with E-state index in [0.717, 1.165) is 10.9 Å². The van der Waals surface area contributed by atoms with Crippen LogP contribution >= 0.6 is 0 Å². The van der Waals surface area contributed by atoms with Crippen molar-refractivity contribution in [2.24, 2.45) is 0 Å². The summed E-state index contributed by atoms with van der Waals surface area (Å²) in [5.74, 6) is -0.864. The molecule has 1 heterocycles. The summed E-state index contributed by atoms with van der Waals surface area (Å²) in [7, 11) is 0. The number of fused-ring (bicyclic) bond motifs is 1. The van der Waals surface area contributed by atoms with Gasteiger partial charge in [0, 0.05) is 17.1 Å². The van der Waals surface area contributed by atoms with Crippen LogP contribution in [0.5, 0.6) is 0 Å². The zero-order valence-electron chi connectivity index (χ0n) is 10.0. The number of ketones is 1. The Bertz CT molecular complexity index is 767. The molecule has 0 aliphatic heterocycles.